The van der Waals surface area contributed by atoms with Gasteiger partial charge >= 0.3 is 0 Å². The molecule has 0 saturated carbocycles. The fourth-order valence-electron chi connectivity index (χ4n) is 1.37. The van der Waals surface area contributed by atoms with Crippen molar-refractivity contribution < 1.29 is 9.59 Å². The predicted octanol–water partition coefficient (Wildman–Crippen LogP) is 1.62. The van der Waals surface area contributed by atoms with E-state index in [1.165, 1.54) is 6.20 Å². The molecule has 2 aromatic rings. The second kappa shape index (κ2) is 3.38. The molecule has 0 aliphatic carbocycles. The van der Waals surface area contributed by atoms with Gasteiger partial charge in [-0.3, -0.25) is 14.6 Å². The van der Waals surface area contributed by atoms with Crippen molar-refractivity contribution in [3.63, 3.8) is 0 Å². The summed E-state index contributed by atoms with van der Waals surface area (Å²) < 4.78 is 0. The number of ketones is 1. The summed E-state index contributed by atoms with van der Waals surface area (Å²) in [7, 11) is 0. The molecular weight excluding hydrogens is 178 g/mol. The fraction of sp³-hybridized carbons (Fsp3) is 0. The average Bonchev–Trinajstić information content (AvgIpc) is 2.27. The number of rotatable bonds is 2. The average molecular weight is 185 g/mol. The number of benzene rings is 1. The monoisotopic (exact) mass is 185 g/mol. The van der Waals surface area contributed by atoms with Crippen molar-refractivity contribution >= 4 is 22.8 Å². The summed E-state index contributed by atoms with van der Waals surface area (Å²) in [6.45, 7) is 0. The largest absolute Gasteiger partial charge is 0.294 e. The molecule has 0 atom stereocenters. The van der Waals surface area contributed by atoms with Crippen molar-refractivity contribution in [2.45, 2.75) is 0 Å². The van der Waals surface area contributed by atoms with Gasteiger partial charge in [-0.05, 0) is 11.5 Å². The van der Waals surface area contributed by atoms with Crippen molar-refractivity contribution in [2.75, 3.05) is 0 Å². The van der Waals surface area contributed by atoms with Crippen LogP contribution in [0.25, 0.3) is 10.8 Å². The van der Waals surface area contributed by atoms with Crippen LogP contribution in [0.5, 0.6) is 0 Å². The first-order valence-corrected chi connectivity index (χ1v) is 4.16. The first-order valence-electron chi connectivity index (χ1n) is 4.16. The summed E-state index contributed by atoms with van der Waals surface area (Å²) in [5.41, 5.74) is 0.220. The van der Waals surface area contributed by atoms with Gasteiger partial charge in [0.25, 0.3) is 0 Å². The van der Waals surface area contributed by atoms with Crippen LogP contribution in [0.4, 0.5) is 0 Å². The van der Waals surface area contributed by atoms with E-state index in [1.807, 2.05) is 18.2 Å². The lowest BCUT2D eigenvalue weighted by atomic mass is 10.1. The van der Waals surface area contributed by atoms with E-state index in [-0.39, 0.29) is 12.0 Å². The zero-order chi connectivity index (χ0) is 9.97. The number of aromatic nitrogens is 1. The zero-order valence-electron chi connectivity index (χ0n) is 7.31. The van der Waals surface area contributed by atoms with E-state index in [2.05, 4.69) is 4.98 Å². The summed E-state index contributed by atoms with van der Waals surface area (Å²) in [5, 5.41) is 1.62. The Morgan fingerprint density at radius 2 is 2.00 bits per heavy atom. The van der Waals surface area contributed by atoms with Crippen LogP contribution < -0.4 is 0 Å². The van der Waals surface area contributed by atoms with Crippen molar-refractivity contribution in [1.29, 1.82) is 0 Å². The third kappa shape index (κ3) is 1.29. The molecule has 68 valence electrons. The van der Waals surface area contributed by atoms with Gasteiger partial charge < -0.3 is 0 Å². The van der Waals surface area contributed by atoms with Gasteiger partial charge in [0.2, 0.25) is 5.78 Å². The summed E-state index contributed by atoms with van der Waals surface area (Å²) in [6, 6.07) is 9.14. The highest BCUT2D eigenvalue weighted by Crippen LogP contribution is 2.15. The Balaban J connectivity index is 2.77. The maximum Gasteiger partial charge on any atom is 0.244 e. The Morgan fingerprint density at radius 1 is 1.21 bits per heavy atom. The van der Waals surface area contributed by atoms with Gasteiger partial charge in [0.15, 0.2) is 6.29 Å². The lowest BCUT2D eigenvalue weighted by Crippen LogP contribution is -2.03. The number of pyridine rings is 1. The van der Waals surface area contributed by atoms with Crippen LogP contribution in [0.3, 0.4) is 0 Å². The van der Waals surface area contributed by atoms with Crippen molar-refractivity contribution in [3.8, 4) is 0 Å². The molecule has 3 heteroatoms. The Kier molecular flexibility index (Phi) is 2.07. The molecule has 0 aliphatic heterocycles. The van der Waals surface area contributed by atoms with Gasteiger partial charge in [0, 0.05) is 11.6 Å². The minimum absolute atomic E-state index is 0.220. The molecule has 0 amide bonds. The van der Waals surface area contributed by atoms with Crippen LogP contribution >= 0.6 is 0 Å². The minimum atomic E-state index is -0.582. The van der Waals surface area contributed by atoms with Crippen LogP contribution in [0.2, 0.25) is 0 Å². The normalized spacial score (nSPS) is 10.0. The van der Waals surface area contributed by atoms with E-state index in [9.17, 15) is 9.59 Å². The van der Waals surface area contributed by atoms with Crippen molar-refractivity contribution in [2.24, 2.45) is 0 Å². The number of carbonyl (C=O) groups excluding carboxylic acids is 2. The Hall–Kier alpha value is -2.03. The lowest BCUT2D eigenvalue weighted by molar-refractivity contribution is -0.104. The molecule has 3 nitrogen and oxygen atoms in total. The first-order chi connectivity index (χ1) is 6.83. The highest BCUT2D eigenvalue weighted by molar-refractivity contribution is 6.35. The molecule has 1 heterocycles. The molecule has 2 rings (SSSR count). The minimum Gasteiger partial charge on any atom is -0.294 e. The molecule has 1 aromatic heterocycles. The van der Waals surface area contributed by atoms with Gasteiger partial charge in [-0.25, -0.2) is 0 Å². The third-order valence-electron chi connectivity index (χ3n) is 2.01. The number of carbonyl (C=O) groups is 2. The molecule has 0 saturated heterocycles. The fourth-order valence-corrected chi connectivity index (χ4v) is 1.37. The molecule has 0 spiro atoms. The van der Waals surface area contributed by atoms with Gasteiger partial charge in [-0.15, -0.1) is 0 Å². The van der Waals surface area contributed by atoms with E-state index < -0.39 is 5.78 Å². The Morgan fingerprint density at radius 3 is 2.79 bits per heavy atom. The van der Waals surface area contributed by atoms with E-state index in [0.717, 1.165) is 5.39 Å². The number of hydrogen-bond donors (Lipinski definition) is 0. The van der Waals surface area contributed by atoms with Gasteiger partial charge in [-0.1, -0.05) is 24.3 Å². The molecule has 0 radical (unpaired) electrons. The summed E-state index contributed by atoms with van der Waals surface area (Å²) >= 11 is 0. The highest BCUT2D eigenvalue weighted by atomic mass is 16.2. The predicted molar refractivity (Wildman–Crippen MR) is 52.1 cm³/mol. The topological polar surface area (TPSA) is 47.0 Å². The molecule has 0 bridgehead atoms. The van der Waals surface area contributed by atoms with Gasteiger partial charge in [0.1, 0.15) is 5.69 Å². The number of aldehydes is 1. The van der Waals surface area contributed by atoms with E-state index in [4.69, 9.17) is 0 Å². The van der Waals surface area contributed by atoms with Crippen LogP contribution in [-0.4, -0.2) is 17.1 Å². The van der Waals surface area contributed by atoms with Crippen molar-refractivity contribution in [3.05, 3.63) is 42.2 Å². The molecule has 0 N–H and O–H groups in total. The second-order valence-electron chi connectivity index (χ2n) is 2.86. The number of fused-ring (bicyclic) bond motifs is 1. The maximum absolute atomic E-state index is 11.2. The maximum atomic E-state index is 11.2. The second-order valence-corrected chi connectivity index (χ2v) is 2.86. The third-order valence-corrected chi connectivity index (χ3v) is 2.01. The summed E-state index contributed by atoms with van der Waals surface area (Å²) in [6.07, 6.45) is 1.81. The van der Waals surface area contributed by atoms with Gasteiger partial charge in [0.05, 0.1) is 0 Å². The smallest absolute Gasteiger partial charge is 0.244 e. The Labute approximate surface area is 80.4 Å². The molecule has 0 aliphatic rings. The number of Topliss-reactive ketones (excluding diaryl/α,β-unsaturated/α-hetero) is 1. The van der Waals surface area contributed by atoms with Gasteiger partial charge in [-0.2, -0.15) is 0 Å². The van der Waals surface area contributed by atoms with Crippen LogP contribution in [-0.2, 0) is 4.79 Å². The van der Waals surface area contributed by atoms with Crippen LogP contribution in [0.15, 0.2) is 36.5 Å². The number of hydrogen-bond acceptors (Lipinski definition) is 3. The van der Waals surface area contributed by atoms with Crippen molar-refractivity contribution in [1.82, 2.24) is 4.98 Å². The quantitative estimate of drug-likeness (QED) is 0.405. The molecular formula is C11H7NO2. The highest BCUT2D eigenvalue weighted by Gasteiger charge is 2.09. The van der Waals surface area contributed by atoms with Crippen LogP contribution in [0.1, 0.15) is 10.5 Å². The lowest BCUT2D eigenvalue weighted by Gasteiger charge is -1.99. The molecule has 0 fully saturated rings. The molecule has 14 heavy (non-hydrogen) atoms. The standard InChI is InChI=1S/C11H7NO2/c13-7-10(14)11-9-4-2-1-3-8(9)5-6-12-11/h1-7H. The molecule has 0 unspecified atom stereocenters. The summed E-state index contributed by atoms with van der Waals surface area (Å²) in [5.74, 6) is -0.582. The van der Waals surface area contributed by atoms with Crippen LogP contribution in [0, 0.1) is 0 Å². The molecule has 1 aromatic carbocycles. The Bertz CT molecular complexity index is 500. The number of nitrogens with zero attached hydrogens (tertiary/aromatic N) is 1. The van der Waals surface area contributed by atoms with E-state index in [1.54, 1.807) is 12.1 Å². The summed E-state index contributed by atoms with van der Waals surface area (Å²) in [4.78, 5) is 25.5. The zero-order valence-corrected chi connectivity index (χ0v) is 7.31. The van der Waals surface area contributed by atoms with E-state index >= 15 is 0 Å². The first kappa shape index (κ1) is 8.56. The van der Waals surface area contributed by atoms with E-state index in [0.29, 0.717) is 5.39 Å². The SMILES string of the molecule is O=CC(=O)c1nccc2ccccc12.